The minimum atomic E-state index is -3.67. The van der Waals surface area contributed by atoms with Crippen molar-refractivity contribution in [2.75, 3.05) is 25.5 Å². The molecule has 0 saturated heterocycles. The maximum Gasteiger partial charge on any atom is 0.259 e. The summed E-state index contributed by atoms with van der Waals surface area (Å²) in [5, 5.41) is 2.86. The highest BCUT2D eigenvalue weighted by molar-refractivity contribution is 7.89. The highest BCUT2D eigenvalue weighted by atomic mass is 32.2. The largest absolute Gasteiger partial charge is 0.496 e. The summed E-state index contributed by atoms with van der Waals surface area (Å²) >= 11 is 0. The van der Waals surface area contributed by atoms with E-state index in [9.17, 15) is 13.2 Å². The average molecular weight is 391 g/mol. The van der Waals surface area contributed by atoms with E-state index < -0.39 is 15.9 Å². The van der Waals surface area contributed by atoms with Gasteiger partial charge in [-0.2, -0.15) is 4.31 Å². The third-order valence-corrected chi connectivity index (χ3v) is 6.45. The van der Waals surface area contributed by atoms with E-state index in [1.54, 1.807) is 13.8 Å². The smallest absolute Gasteiger partial charge is 0.259 e. The van der Waals surface area contributed by atoms with Gasteiger partial charge in [0, 0.05) is 18.8 Å². The SMILES string of the molecule is CCc1ccccc1NC(=O)c1cc(S(=O)(=O)N(CC)CC)ccc1OC. The number of hydrogen-bond acceptors (Lipinski definition) is 4. The molecule has 0 heterocycles. The number of hydrogen-bond donors (Lipinski definition) is 1. The Labute approximate surface area is 161 Å². The van der Waals surface area contributed by atoms with Gasteiger partial charge >= 0.3 is 0 Å². The van der Waals surface area contributed by atoms with E-state index in [-0.39, 0.29) is 10.5 Å². The van der Waals surface area contributed by atoms with Gasteiger partial charge in [-0.25, -0.2) is 8.42 Å². The number of anilines is 1. The quantitative estimate of drug-likeness (QED) is 0.748. The molecule has 0 saturated carbocycles. The van der Waals surface area contributed by atoms with E-state index in [2.05, 4.69) is 5.32 Å². The van der Waals surface area contributed by atoms with Crippen molar-refractivity contribution < 1.29 is 17.9 Å². The van der Waals surface area contributed by atoms with Gasteiger partial charge in [-0.1, -0.05) is 39.0 Å². The van der Waals surface area contributed by atoms with Crippen LogP contribution in [0.3, 0.4) is 0 Å². The first-order valence-corrected chi connectivity index (χ1v) is 10.4. The van der Waals surface area contributed by atoms with Crippen LogP contribution in [0.1, 0.15) is 36.7 Å². The summed E-state index contributed by atoms with van der Waals surface area (Å²) in [5.74, 6) is -0.0932. The summed E-state index contributed by atoms with van der Waals surface area (Å²) in [6, 6.07) is 11.9. The maximum atomic E-state index is 12.9. The van der Waals surface area contributed by atoms with Gasteiger partial charge < -0.3 is 10.1 Å². The lowest BCUT2D eigenvalue weighted by atomic mass is 10.1. The van der Waals surface area contributed by atoms with E-state index >= 15 is 0 Å². The summed E-state index contributed by atoms with van der Waals surface area (Å²) in [5.41, 5.74) is 1.87. The average Bonchev–Trinajstić information content (AvgIpc) is 2.68. The second-order valence-electron chi connectivity index (χ2n) is 5.92. The molecule has 2 rings (SSSR count). The Morgan fingerprint density at radius 2 is 1.74 bits per heavy atom. The monoisotopic (exact) mass is 390 g/mol. The highest BCUT2D eigenvalue weighted by Crippen LogP contribution is 2.26. The first-order chi connectivity index (χ1) is 12.9. The lowest BCUT2D eigenvalue weighted by molar-refractivity contribution is 0.102. The molecule has 0 bridgehead atoms. The van der Waals surface area contributed by atoms with Gasteiger partial charge in [0.2, 0.25) is 10.0 Å². The molecule has 0 fully saturated rings. The van der Waals surface area contributed by atoms with Crippen molar-refractivity contribution in [2.45, 2.75) is 32.1 Å². The molecular formula is C20H26N2O4S. The molecule has 1 amide bonds. The molecule has 6 nitrogen and oxygen atoms in total. The first-order valence-electron chi connectivity index (χ1n) is 8.96. The standard InChI is InChI=1S/C20H26N2O4S/c1-5-15-10-8-9-11-18(15)21-20(23)17-14-16(12-13-19(17)26-4)27(24,25)22(6-2)7-3/h8-14H,5-7H2,1-4H3,(H,21,23). The number of nitrogens with zero attached hydrogens (tertiary/aromatic N) is 1. The lowest BCUT2D eigenvalue weighted by Crippen LogP contribution is -2.30. The Morgan fingerprint density at radius 3 is 2.33 bits per heavy atom. The van der Waals surface area contributed by atoms with Crippen molar-refractivity contribution in [2.24, 2.45) is 0 Å². The summed E-state index contributed by atoms with van der Waals surface area (Å²) in [7, 11) is -2.22. The third-order valence-electron chi connectivity index (χ3n) is 4.41. The van der Waals surface area contributed by atoms with E-state index in [0.717, 1.165) is 12.0 Å². The zero-order chi connectivity index (χ0) is 20.0. The van der Waals surface area contributed by atoms with Crippen LogP contribution in [-0.2, 0) is 16.4 Å². The maximum absolute atomic E-state index is 12.9. The highest BCUT2D eigenvalue weighted by Gasteiger charge is 2.24. The van der Waals surface area contributed by atoms with Crippen LogP contribution in [-0.4, -0.2) is 38.8 Å². The van der Waals surface area contributed by atoms with Crippen LogP contribution in [0.2, 0.25) is 0 Å². The molecule has 0 unspecified atom stereocenters. The molecule has 0 aliphatic carbocycles. The number of ether oxygens (including phenoxy) is 1. The molecule has 0 radical (unpaired) electrons. The zero-order valence-electron chi connectivity index (χ0n) is 16.2. The Balaban J connectivity index is 2.45. The number of aryl methyl sites for hydroxylation is 1. The van der Waals surface area contributed by atoms with Crippen molar-refractivity contribution >= 4 is 21.6 Å². The second-order valence-corrected chi connectivity index (χ2v) is 7.85. The van der Waals surface area contributed by atoms with Crippen molar-refractivity contribution in [3.05, 3.63) is 53.6 Å². The van der Waals surface area contributed by atoms with Crippen molar-refractivity contribution in [1.29, 1.82) is 0 Å². The fraction of sp³-hybridized carbons (Fsp3) is 0.350. The van der Waals surface area contributed by atoms with E-state index in [1.165, 1.54) is 29.6 Å². The molecule has 0 aliphatic heterocycles. The number of carbonyl (C=O) groups excluding carboxylic acids is 1. The molecule has 0 spiro atoms. The number of rotatable bonds is 8. The van der Waals surface area contributed by atoms with Gasteiger partial charge in [-0.05, 0) is 36.2 Å². The molecule has 2 aromatic rings. The van der Waals surface area contributed by atoms with Gasteiger partial charge in [0.1, 0.15) is 5.75 Å². The molecule has 146 valence electrons. The first kappa shape index (κ1) is 20.9. The van der Waals surface area contributed by atoms with Gasteiger partial charge in [0.05, 0.1) is 17.6 Å². The Hall–Kier alpha value is -2.38. The van der Waals surface area contributed by atoms with Crippen LogP contribution >= 0.6 is 0 Å². The molecule has 0 aromatic heterocycles. The fourth-order valence-corrected chi connectivity index (χ4v) is 4.36. The van der Waals surface area contributed by atoms with Crippen molar-refractivity contribution in [1.82, 2.24) is 4.31 Å². The Kier molecular flexibility index (Phi) is 6.98. The van der Waals surface area contributed by atoms with Crippen molar-refractivity contribution in [3.8, 4) is 5.75 Å². The molecule has 0 atom stereocenters. The Morgan fingerprint density at radius 1 is 1.07 bits per heavy atom. The summed E-state index contributed by atoms with van der Waals surface area (Å²) in [6.07, 6.45) is 0.768. The number of para-hydroxylation sites is 1. The topological polar surface area (TPSA) is 75.7 Å². The zero-order valence-corrected chi connectivity index (χ0v) is 17.0. The Bertz CT molecular complexity index is 906. The summed E-state index contributed by atoms with van der Waals surface area (Å²) < 4.78 is 32.2. The number of amides is 1. The molecule has 2 aromatic carbocycles. The van der Waals surface area contributed by atoms with Crippen LogP contribution in [0.5, 0.6) is 5.75 Å². The van der Waals surface area contributed by atoms with Gasteiger partial charge in [-0.3, -0.25) is 4.79 Å². The van der Waals surface area contributed by atoms with E-state index in [4.69, 9.17) is 4.74 Å². The molecule has 7 heteroatoms. The predicted molar refractivity (Wildman–Crippen MR) is 107 cm³/mol. The van der Waals surface area contributed by atoms with Gasteiger partial charge in [0.25, 0.3) is 5.91 Å². The molecule has 27 heavy (non-hydrogen) atoms. The van der Waals surface area contributed by atoms with Crippen LogP contribution in [0.4, 0.5) is 5.69 Å². The van der Waals surface area contributed by atoms with E-state index in [0.29, 0.717) is 24.5 Å². The summed E-state index contributed by atoms with van der Waals surface area (Å²) in [6.45, 7) is 6.27. The van der Waals surface area contributed by atoms with Crippen LogP contribution in [0.15, 0.2) is 47.4 Å². The lowest BCUT2D eigenvalue weighted by Gasteiger charge is -2.19. The number of sulfonamides is 1. The van der Waals surface area contributed by atoms with Crippen LogP contribution in [0, 0.1) is 0 Å². The number of nitrogens with one attached hydrogen (secondary N) is 1. The minimum Gasteiger partial charge on any atom is -0.496 e. The normalized spacial score (nSPS) is 11.4. The van der Waals surface area contributed by atoms with Crippen molar-refractivity contribution in [3.63, 3.8) is 0 Å². The molecule has 0 aliphatic rings. The van der Waals surface area contributed by atoms with E-state index in [1.807, 2.05) is 31.2 Å². The number of benzene rings is 2. The second kappa shape index (κ2) is 9.01. The fourth-order valence-electron chi connectivity index (χ4n) is 2.88. The van der Waals surface area contributed by atoms with Crippen LogP contribution < -0.4 is 10.1 Å². The molecular weight excluding hydrogens is 364 g/mol. The predicted octanol–water partition coefficient (Wildman–Crippen LogP) is 3.54. The molecule has 1 N–H and O–H groups in total. The minimum absolute atomic E-state index is 0.0703. The number of carbonyl (C=O) groups is 1. The van der Waals surface area contributed by atoms with Crippen LogP contribution in [0.25, 0.3) is 0 Å². The van der Waals surface area contributed by atoms with Gasteiger partial charge in [0.15, 0.2) is 0 Å². The number of methoxy groups -OCH3 is 1. The third kappa shape index (κ3) is 4.48. The van der Waals surface area contributed by atoms with Gasteiger partial charge in [-0.15, -0.1) is 0 Å². The summed E-state index contributed by atoms with van der Waals surface area (Å²) in [4.78, 5) is 12.9.